The zero-order chi connectivity index (χ0) is 11.5. The molecule has 0 aliphatic rings. The van der Waals surface area contributed by atoms with Gasteiger partial charge in [0.15, 0.2) is 0 Å². The Labute approximate surface area is 95.7 Å². The first kappa shape index (κ1) is 11.1. The molecule has 0 unspecified atom stereocenters. The van der Waals surface area contributed by atoms with Crippen LogP contribution in [0.1, 0.15) is 5.82 Å². The predicted octanol–water partition coefficient (Wildman–Crippen LogP) is 1.06. The van der Waals surface area contributed by atoms with Crippen LogP contribution in [0.3, 0.4) is 0 Å². The molecule has 0 radical (unpaired) electrons. The first-order chi connectivity index (χ1) is 7.72. The van der Waals surface area contributed by atoms with Gasteiger partial charge in [0.25, 0.3) is 0 Å². The molecule has 0 saturated carbocycles. The number of nitrogens with two attached hydrogens (primary N) is 1. The molecule has 0 atom stereocenters. The number of fused-ring (bicyclic) bond motifs is 1. The summed E-state index contributed by atoms with van der Waals surface area (Å²) in [6.07, 6.45) is 0. The molecule has 0 spiro atoms. The maximum atomic E-state index is 5.72. The molecule has 4 heteroatoms. The first-order valence-electron chi connectivity index (χ1n) is 5.51. The number of rotatable bonds is 4. The standard InChI is InChI=1S/C12H18N4/c1-15(2)7-8-16-11-6-4-3-5-10(11)14-12(16)9-13/h3-6H,7-9,13H2,1-2H3. The van der Waals surface area contributed by atoms with E-state index in [1.165, 1.54) is 5.52 Å². The van der Waals surface area contributed by atoms with Gasteiger partial charge in [-0.2, -0.15) is 0 Å². The van der Waals surface area contributed by atoms with Crippen LogP contribution < -0.4 is 5.73 Å². The molecule has 86 valence electrons. The Bertz CT molecular complexity index is 473. The quantitative estimate of drug-likeness (QED) is 0.834. The second kappa shape index (κ2) is 4.63. The number of hydrogen-bond donors (Lipinski definition) is 1. The molecule has 0 aliphatic heterocycles. The van der Waals surface area contributed by atoms with Gasteiger partial charge in [-0.15, -0.1) is 0 Å². The van der Waals surface area contributed by atoms with E-state index in [4.69, 9.17) is 5.73 Å². The lowest BCUT2D eigenvalue weighted by Gasteiger charge is -2.12. The molecule has 2 rings (SSSR count). The van der Waals surface area contributed by atoms with E-state index in [0.717, 1.165) is 24.4 Å². The minimum absolute atomic E-state index is 0.488. The van der Waals surface area contributed by atoms with Crippen LogP contribution in [0.15, 0.2) is 24.3 Å². The second-order valence-electron chi connectivity index (χ2n) is 4.18. The van der Waals surface area contributed by atoms with Gasteiger partial charge in [0.1, 0.15) is 5.82 Å². The maximum absolute atomic E-state index is 5.72. The van der Waals surface area contributed by atoms with Crippen molar-refractivity contribution < 1.29 is 0 Å². The largest absolute Gasteiger partial charge is 0.326 e. The lowest BCUT2D eigenvalue weighted by Crippen LogP contribution is -2.20. The van der Waals surface area contributed by atoms with Crippen molar-refractivity contribution in [3.8, 4) is 0 Å². The van der Waals surface area contributed by atoms with Crippen LogP contribution in [0.5, 0.6) is 0 Å². The Hall–Kier alpha value is -1.39. The Kier molecular flexibility index (Phi) is 3.22. The Morgan fingerprint density at radius 3 is 2.75 bits per heavy atom. The lowest BCUT2D eigenvalue weighted by atomic mass is 10.3. The second-order valence-corrected chi connectivity index (χ2v) is 4.18. The van der Waals surface area contributed by atoms with Gasteiger partial charge in [-0.05, 0) is 26.2 Å². The molecule has 0 amide bonds. The van der Waals surface area contributed by atoms with Crippen molar-refractivity contribution in [2.45, 2.75) is 13.1 Å². The summed E-state index contributed by atoms with van der Waals surface area (Å²) in [6, 6.07) is 8.17. The summed E-state index contributed by atoms with van der Waals surface area (Å²) in [5.74, 6) is 0.961. The van der Waals surface area contributed by atoms with Crippen molar-refractivity contribution in [3.05, 3.63) is 30.1 Å². The predicted molar refractivity (Wildman–Crippen MR) is 66.2 cm³/mol. The summed E-state index contributed by atoms with van der Waals surface area (Å²) in [7, 11) is 4.14. The molecule has 16 heavy (non-hydrogen) atoms. The van der Waals surface area contributed by atoms with Crippen molar-refractivity contribution in [1.82, 2.24) is 14.5 Å². The smallest absolute Gasteiger partial charge is 0.123 e. The molecule has 4 nitrogen and oxygen atoms in total. The molecule has 1 aromatic heterocycles. The summed E-state index contributed by atoms with van der Waals surface area (Å²) in [4.78, 5) is 6.69. The van der Waals surface area contributed by atoms with Gasteiger partial charge in [-0.1, -0.05) is 12.1 Å². The number of likely N-dealkylation sites (N-methyl/N-ethyl adjacent to an activating group) is 1. The highest BCUT2D eigenvalue weighted by molar-refractivity contribution is 5.75. The molecule has 0 bridgehead atoms. The summed E-state index contributed by atoms with van der Waals surface area (Å²) in [5, 5.41) is 0. The lowest BCUT2D eigenvalue weighted by molar-refractivity contribution is 0.383. The van der Waals surface area contributed by atoms with E-state index in [1.54, 1.807) is 0 Å². The molecular weight excluding hydrogens is 200 g/mol. The average Bonchev–Trinajstić information content (AvgIpc) is 2.64. The van der Waals surface area contributed by atoms with E-state index in [1.807, 2.05) is 18.2 Å². The van der Waals surface area contributed by atoms with E-state index in [2.05, 4.69) is 34.6 Å². The van der Waals surface area contributed by atoms with Gasteiger partial charge >= 0.3 is 0 Å². The summed E-state index contributed by atoms with van der Waals surface area (Å²) in [6.45, 7) is 2.41. The van der Waals surface area contributed by atoms with Gasteiger partial charge in [0.2, 0.25) is 0 Å². The molecule has 1 aromatic carbocycles. The van der Waals surface area contributed by atoms with Crippen molar-refractivity contribution in [2.24, 2.45) is 5.73 Å². The topological polar surface area (TPSA) is 47.1 Å². The number of imidazole rings is 1. The van der Waals surface area contributed by atoms with Crippen molar-refractivity contribution in [3.63, 3.8) is 0 Å². The number of hydrogen-bond acceptors (Lipinski definition) is 3. The molecule has 0 fully saturated rings. The Balaban J connectivity index is 2.39. The van der Waals surface area contributed by atoms with Crippen molar-refractivity contribution >= 4 is 11.0 Å². The average molecular weight is 218 g/mol. The molecule has 0 aliphatic carbocycles. The van der Waals surface area contributed by atoms with Crippen LogP contribution in [-0.4, -0.2) is 35.1 Å². The zero-order valence-corrected chi connectivity index (χ0v) is 9.85. The number of aromatic nitrogens is 2. The number of para-hydroxylation sites is 2. The fraction of sp³-hybridized carbons (Fsp3) is 0.417. The van der Waals surface area contributed by atoms with Gasteiger partial charge < -0.3 is 15.2 Å². The molecule has 1 heterocycles. The SMILES string of the molecule is CN(C)CCn1c(CN)nc2ccccc21. The molecule has 2 N–H and O–H groups in total. The molecule has 2 aromatic rings. The van der Waals surface area contributed by atoms with Gasteiger partial charge in [0.05, 0.1) is 17.6 Å². The van der Waals surface area contributed by atoms with E-state index in [9.17, 15) is 0 Å². The van der Waals surface area contributed by atoms with Gasteiger partial charge in [0, 0.05) is 13.1 Å². The van der Waals surface area contributed by atoms with Crippen LogP contribution >= 0.6 is 0 Å². The fourth-order valence-corrected chi connectivity index (χ4v) is 1.83. The van der Waals surface area contributed by atoms with Crippen molar-refractivity contribution in [2.75, 3.05) is 20.6 Å². The highest BCUT2D eigenvalue weighted by Gasteiger charge is 2.08. The van der Waals surface area contributed by atoms with E-state index in [-0.39, 0.29) is 0 Å². The van der Waals surface area contributed by atoms with E-state index in [0.29, 0.717) is 6.54 Å². The third-order valence-corrected chi connectivity index (χ3v) is 2.69. The molecule has 0 saturated heterocycles. The number of benzene rings is 1. The van der Waals surface area contributed by atoms with Crippen LogP contribution in [0, 0.1) is 0 Å². The first-order valence-corrected chi connectivity index (χ1v) is 5.51. The van der Waals surface area contributed by atoms with Crippen molar-refractivity contribution in [1.29, 1.82) is 0 Å². The normalized spacial score (nSPS) is 11.5. The molecular formula is C12H18N4. The van der Waals surface area contributed by atoms with Gasteiger partial charge in [-0.3, -0.25) is 0 Å². The van der Waals surface area contributed by atoms with Crippen LogP contribution in [-0.2, 0) is 13.1 Å². The minimum Gasteiger partial charge on any atom is -0.326 e. The summed E-state index contributed by atoms with van der Waals surface area (Å²) < 4.78 is 2.20. The Morgan fingerprint density at radius 2 is 2.06 bits per heavy atom. The van der Waals surface area contributed by atoms with Crippen LogP contribution in [0.25, 0.3) is 11.0 Å². The van der Waals surface area contributed by atoms with Gasteiger partial charge in [-0.25, -0.2) is 4.98 Å². The monoisotopic (exact) mass is 218 g/mol. The number of nitrogens with zero attached hydrogens (tertiary/aromatic N) is 3. The highest BCUT2D eigenvalue weighted by atomic mass is 15.1. The van der Waals surface area contributed by atoms with Crippen LogP contribution in [0.2, 0.25) is 0 Å². The van der Waals surface area contributed by atoms with E-state index < -0.39 is 0 Å². The third kappa shape index (κ3) is 2.08. The zero-order valence-electron chi connectivity index (χ0n) is 9.85. The maximum Gasteiger partial charge on any atom is 0.123 e. The summed E-state index contributed by atoms with van der Waals surface area (Å²) in [5.41, 5.74) is 7.92. The summed E-state index contributed by atoms with van der Waals surface area (Å²) >= 11 is 0. The third-order valence-electron chi connectivity index (χ3n) is 2.69. The fourth-order valence-electron chi connectivity index (χ4n) is 1.83. The highest BCUT2D eigenvalue weighted by Crippen LogP contribution is 2.15. The Morgan fingerprint density at radius 1 is 1.31 bits per heavy atom. The minimum atomic E-state index is 0.488. The van der Waals surface area contributed by atoms with Crippen LogP contribution in [0.4, 0.5) is 0 Å². The van der Waals surface area contributed by atoms with E-state index >= 15 is 0 Å².